The Morgan fingerprint density at radius 2 is 2.06 bits per heavy atom. The summed E-state index contributed by atoms with van der Waals surface area (Å²) in [6.07, 6.45) is 1.09. The number of amides is 1. The van der Waals surface area contributed by atoms with Crippen LogP contribution < -0.4 is 5.32 Å². The van der Waals surface area contributed by atoms with Crippen molar-refractivity contribution < 1.29 is 9.53 Å². The maximum atomic E-state index is 11.7. The van der Waals surface area contributed by atoms with Crippen LogP contribution in [-0.2, 0) is 4.74 Å². The molecule has 0 spiro atoms. The molecule has 0 bridgehead atoms. The van der Waals surface area contributed by atoms with Crippen molar-refractivity contribution in [1.82, 2.24) is 4.98 Å². The van der Waals surface area contributed by atoms with E-state index in [-0.39, 0.29) is 11.1 Å². The number of nitrogens with one attached hydrogen (secondary N) is 1. The first-order valence-corrected chi connectivity index (χ1v) is 6.23. The van der Waals surface area contributed by atoms with E-state index in [0.717, 1.165) is 5.56 Å². The molecule has 1 rings (SSSR count). The zero-order valence-electron chi connectivity index (χ0n) is 11.4. The Bertz CT molecular complexity index is 439. The minimum absolute atomic E-state index is 0.232. The average molecular weight is 271 g/mol. The van der Waals surface area contributed by atoms with E-state index < -0.39 is 11.7 Å². The summed E-state index contributed by atoms with van der Waals surface area (Å²) in [4.78, 5) is 15.7. The fourth-order valence-corrected chi connectivity index (χ4v) is 1.67. The molecule has 4 nitrogen and oxygen atoms in total. The zero-order chi connectivity index (χ0) is 13.9. The van der Waals surface area contributed by atoms with Crippen LogP contribution in [0.15, 0.2) is 12.3 Å². The van der Waals surface area contributed by atoms with Gasteiger partial charge in [-0.05, 0) is 38.3 Å². The summed E-state index contributed by atoms with van der Waals surface area (Å²) < 4.78 is 5.19. The highest BCUT2D eigenvalue weighted by atomic mass is 35.5. The minimum Gasteiger partial charge on any atom is -0.444 e. The van der Waals surface area contributed by atoms with Gasteiger partial charge in [-0.15, -0.1) is 0 Å². The molecule has 18 heavy (non-hydrogen) atoms. The van der Waals surface area contributed by atoms with Gasteiger partial charge in [-0.25, -0.2) is 9.78 Å². The Labute approximate surface area is 113 Å². The molecule has 0 saturated carbocycles. The molecule has 0 aliphatic rings. The van der Waals surface area contributed by atoms with Crippen molar-refractivity contribution in [2.24, 2.45) is 0 Å². The molecule has 0 unspecified atom stereocenters. The van der Waals surface area contributed by atoms with Gasteiger partial charge in [0.25, 0.3) is 0 Å². The number of carbonyl (C=O) groups excluding carboxylic acids is 1. The van der Waals surface area contributed by atoms with E-state index in [0.29, 0.717) is 5.69 Å². The third-order valence-corrected chi connectivity index (χ3v) is 2.47. The van der Waals surface area contributed by atoms with E-state index in [4.69, 9.17) is 16.3 Å². The lowest BCUT2D eigenvalue weighted by atomic mass is 10.0. The fraction of sp³-hybridized carbons (Fsp3) is 0.538. The molecule has 0 atom stereocenters. The first kappa shape index (κ1) is 14.8. The van der Waals surface area contributed by atoms with Gasteiger partial charge in [-0.1, -0.05) is 25.4 Å². The normalized spacial score (nSPS) is 11.5. The largest absolute Gasteiger partial charge is 0.444 e. The summed E-state index contributed by atoms with van der Waals surface area (Å²) in [7, 11) is 0. The quantitative estimate of drug-likeness (QED) is 0.819. The van der Waals surface area contributed by atoms with Crippen LogP contribution in [0.3, 0.4) is 0 Å². The van der Waals surface area contributed by atoms with Crippen molar-refractivity contribution in [3.63, 3.8) is 0 Å². The van der Waals surface area contributed by atoms with Crippen LogP contribution in [0.5, 0.6) is 0 Å². The standard InChI is InChI=1S/C13H19ClN2O2/c1-8(2)9-6-7-15-11(14)10(9)16-12(17)18-13(3,4)5/h6-8H,1-5H3,(H,16,17). The number of aromatic nitrogens is 1. The Morgan fingerprint density at radius 3 is 2.56 bits per heavy atom. The number of rotatable bonds is 2. The predicted molar refractivity (Wildman–Crippen MR) is 73.2 cm³/mol. The van der Waals surface area contributed by atoms with Crippen LogP contribution in [0.25, 0.3) is 0 Å². The Balaban J connectivity index is 2.93. The summed E-state index contributed by atoms with van der Waals surface area (Å²) in [6, 6.07) is 1.84. The van der Waals surface area contributed by atoms with E-state index in [1.807, 2.05) is 19.9 Å². The van der Waals surface area contributed by atoms with Gasteiger partial charge < -0.3 is 4.74 Å². The van der Waals surface area contributed by atoms with Gasteiger partial charge in [0.1, 0.15) is 5.60 Å². The van der Waals surface area contributed by atoms with Crippen molar-refractivity contribution in [3.8, 4) is 0 Å². The molecule has 1 heterocycles. The minimum atomic E-state index is -0.545. The van der Waals surface area contributed by atoms with Gasteiger partial charge in [0, 0.05) is 6.20 Å². The molecule has 5 heteroatoms. The molecule has 100 valence electrons. The van der Waals surface area contributed by atoms with Gasteiger partial charge in [0.05, 0.1) is 5.69 Å². The second-order valence-corrected chi connectivity index (χ2v) is 5.71. The fourth-order valence-electron chi connectivity index (χ4n) is 1.46. The highest BCUT2D eigenvalue weighted by molar-refractivity contribution is 6.32. The number of anilines is 1. The van der Waals surface area contributed by atoms with Crippen LogP contribution in [0.2, 0.25) is 5.15 Å². The highest BCUT2D eigenvalue weighted by Crippen LogP contribution is 2.29. The van der Waals surface area contributed by atoms with Crippen LogP contribution in [0.4, 0.5) is 10.5 Å². The van der Waals surface area contributed by atoms with Gasteiger partial charge in [0.2, 0.25) is 0 Å². The molecule has 1 N–H and O–H groups in total. The lowest BCUT2D eigenvalue weighted by Crippen LogP contribution is -2.27. The third kappa shape index (κ3) is 4.18. The predicted octanol–water partition coefficient (Wildman–Crippen LogP) is 4.21. The Kier molecular flexibility index (Phi) is 4.57. The molecule has 1 aromatic rings. The summed E-state index contributed by atoms with van der Waals surface area (Å²) in [6.45, 7) is 9.46. The van der Waals surface area contributed by atoms with Crippen LogP contribution in [0.1, 0.15) is 46.1 Å². The number of hydrogen-bond donors (Lipinski definition) is 1. The number of carbonyl (C=O) groups is 1. The monoisotopic (exact) mass is 270 g/mol. The number of nitrogens with zero attached hydrogens (tertiary/aromatic N) is 1. The van der Waals surface area contributed by atoms with Crippen molar-refractivity contribution in [2.75, 3.05) is 5.32 Å². The Hall–Kier alpha value is -1.29. The molecule has 0 aromatic carbocycles. The summed E-state index contributed by atoms with van der Waals surface area (Å²) in [5, 5.41) is 2.93. The number of halogens is 1. The maximum absolute atomic E-state index is 11.7. The molecule has 1 aromatic heterocycles. The van der Waals surface area contributed by atoms with Gasteiger partial charge in [-0.3, -0.25) is 5.32 Å². The molecule has 0 aliphatic carbocycles. The molecular formula is C13H19ClN2O2. The Morgan fingerprint density at radius 1 is 1.44 bits per heavy atom. The van der Waals surface area contributed by atoms with Crippen molar-refractivity contribution >= 4 is 23.4 Å². The van der Waals surface area contributed by atoms with E-state index in [1.165, 1.54) is 0 Å². The van der Waals surface area contributed by atoms with E-state index >= 15 is 0 Å². The molecular weight excluding hydrogens is 252 g/mol. The number of hydrogen-bond acceptors (Lipinski definition) is 3. The third-order valence-electron chi connectivity index (χ3n) is 2.18. The van der Waals surface area contributed by atoms with Gasteiger partial charge >= 0.3 is 6.09 Å². The molecule has 0 aliphatic heterocycles. The van der Waals surface area contributed by atoms with Crippen LogP contribution >= 0.6 is 11.6 Å². The zero-order valence-corrected chi connectivity index (χ0v) is 12.1. The van der Waals surface area contributed by atoms with Gasteiger partial charge in [0.15, 0.2) is 5.15 Å². The van der Waals surface area contributed by atoms with Crippen molar-refractivity contribution in [1.29, 1.82) is 0 Å². The highest BCUT2D eigenvalue weighted by Gasteiger charge is 2.19. The maximum Gasteiger partial charge on any atom is 0.412 e. The molecule has 1 amide bonds. The summed E-state index contributed by atoms with van der Waals surface area (Å²) >= 11 is 6.01. The lowest BCUT2D eigenvalue weighted by molar-refractivity contribution is 0.0635. The van der Waals surface area contributed by atoms with E-state index in [2.05, 4.69) is 10.3 Å². The summed E-state index contributed by atoms with van der Waals surface area (Å²) in [5.74, 6) is 0.232. The van der Waals surface area contributed by atoms with E-state index in [9.17, 15) is 4.79 Å². The molecule has 0 saturated heterocycles. The lowest BCUT2D eigenvalue weighted by Gasteiger charge is -2.21. The first-order valence-electron chi connectivity index (χ1n) is 5.85. The smallest absolute Gasteiger partial charge is 0.412 e. The van der Waals surface area contributed by atoms with E-state index in [1.54, 1.807) is 27.0 Å². The van der Waals surface area contributed by atoms with Crippen molar-refractivity contribution in [3.05, 3.63) is 23.0 Å². The summed E-state index contributed by atoms with van der Waals surface area (Å²) in [5.41, 5.74) is 0.904. The van der Waals surface area contributed by atoms with Crippen molar-refractivity contribution in [2.45, 2.75) is 46.1 Å². The second-order valence-electron chi connectivity index (χ2n) is 5.35. The number of pyridine rings is 1. The van der Waals surface area contributed by atoms with Crippen LogP contribution in [-0.4, -0.2) is 16.7 Å². The second kappa shape index (κ2) is 5.57. The first-order chi connectivity index (χ1) is 8.20. The topological polar surface area (TPSA) is 51.2 Å². The molecule has 0 radical (unpaired) electrons. The average Bonchev–Trinajstić information content (AvgIpc) is 2.17. The molecule has 0 fully saturated rings. The SMILES string of the molecule is CC(C)c1ccnc(Cl)c1NC(=O)OC(C)(C)C. The van der Waals surface area contributed by atoms with Crippen LogP contribution in [0, 0.1) is 0 Å². The number of ether oxygens (including phenoxy) is 1. The van der Waals surface area contributed by atoms with Gasteiger partial charge in [-0.2, -0.15) is 0 Å².